The molecule has 1 aromatic carbocycles. The van der Waals surface area contributed by atoms with Gasteiger partial charge < -0.3 is 14.6 Å². The number of methoxy groups -OCH3 is 1. The highest BCUT2D eigenvalue weighted by Gasteiger charge is 2.30. The van der Waals surface area contributed by atoms with Crippen molar-refractivity contribution in [1.82, 2.24) is 20.1 Å². The van der Waals surface area contributed by atoms with Gasteiger partial charge in [-0.25, -0.2) is 0 Å². The summed E-state index contributed by atoms with van der Waals surface area (Å²) in [7, 11) is 1.62. The molecule has 0 bridgehead atoms. The Kier molecular flexibility index (Phi) is 4.48. The van der Waals surface area contributed by atoms with Gasteiger partial charge >= 0.3 is 0 Å². The maximum Gasteiger partial charge on any atom is 0.230 e. The second kappa shape index (κ2) is 6.70. The van der Waals surface area contributed by atoms with Crippen LogP contribution in [-0.2, 0) is 16.1 Å². The van der Waals surface area contributed by atoms with Crippen molar-refractivity contribution in [2.75, 3.05) is 20.3 Å². The Labute approximate surface area is 129 Å². The molecule has 1 aromatic heterocycles. The van der Waals surface area contributed by atoms with E-state index in [9.17, 15) is 4.79 Å². The molecule has 22 heavy (non-hydrogen) atoms. The monoisotopic (exact) mass is 300 g/mol. The molecule has 0 aliphatic carbocycles. The lowest BCUT2D eigenvalue weighted by atomic mass is 9.97. The number of hydrogen-bond donors (Lipinski definition) is 1. The molecule has 0 saturated heterocycles. The van der Waals surface area contributed by atoms with Crippen LogP contribution in [0.4, 0.5) is 0 Å². The molecule has 0 fully saturated rings. The fourth-order valence-corrected chi connectivity index (χ4v) is 2.82. The molecular weight excluding hydrogens is 280 g/mol. The molecule has 6 heteroatoms. The van der Waals surface area contributed by atoms with E-state index in [2.05, 4.69) is 20.1 Å². The summed E-state index contributed by atoms with van der Waals surface area (Å²) >= 11 is 0. The lowest BCUT2D eigenvalue weighted by Gasteiger charge is -2.23. The van der Waals surface area contributed by atoms with Gasteiger partial charge in [0, 0.05) is 25.8 Å². The van der Waals surface area contributed by atoms with E-state index in [1.54, 1.807) is 7.11 Å². The second-order valence-electron chi connectivity index (χ2n) is 5.38. The summed E-state index contributed by atoms with van der Waals surface area (Å²) in [6, 6.07) is 9.96. The van der Waals surface area contributed by atoms with Crippen LogP contribution in [0.15, 0.2) is 30.3 Å². The molecule has 116 valence electrons. The second-order valence-corrected chi connectivity index (χ2v) is 5.38. The van der Waals surface area contributed by atoms with Crippen LogP contribution >= 0.6 is 0 Å². The highest BCUT2D eigenvalue weighted by Crippen LogP contribution is 2.30. The highest BCUT2D eigenvalue weighted by molar-refractivity contribution is 5.83. The number of aromatic nitrogens is 3. The van der Waals surface area contributed by atoms with Crippen molar-refractivity contribution in [3.63, 3.8) is 0 Å². The molecule has 2 aromatic rings. The third-order valence-electron chi connectivity index (χ3n) is 3.92. The minimum atomic E-state index is -0.226. The summed E-state index contributed by atoms with van der Waals surface area (Å²) in [4.78, 5) is 12.3. The third kappa shape index (κ3) is 2.87. The zero-order valence-corrected chi connectivity index (χ0v) is 12.7. The normalized spacial score (nSPS) is 17.0. The SMILES string of the molecule is COCCNC(=O)C1CCCn2c(-c3ccccc3)nnc21. The standard InChI is InChI=1S/C16H20N4O2/c1-22-11-9-17-16(21)13-8-5-10-20-14(18-19-15(13)20)12-6-3-2-4-7-12/h2-4,6-7,13H,5,8-11H2,1H3,(H,17,21). The topological polar surface area (TPSA) is 69.0 Å². The van der Waals surface area contributed by atoms with Crippen LogP contribution in [-0.4, -0.2) is 40.9 Å². The van der Waals surface area contributed by atoms with E-state index in [1.807, 2.05) is 30.3 Å². The predicted molar refractivity (Wildman–Crippen MR) is 82.3 cm³/mol. The zero-order chi connectivity index (χ0) is 15.4. The minimum Gasteiger partial charge on any atom is -0.383 e. The Bertz CT molecular complexity index is 639. The average molecular weight is 300 g/mol. The quantitative estimate of drug-likeness (QED) is 0.851. The average Bonchev–Trinajstić information content (AvgIpc) is 2.99. The van der Waals surface area contributed by atoms with E-state index in [0.29, 0.717) is 13.2 Å². The van der Waals surface area contributed by atoms with E-state index in [-0.39, 0.29) is 11.8 Å². The van der Waals surface area contributed by atoms with Gasteiger partial charge in [0.05, 0.1) is 12.5 Å². The molecule has 2 heterocycles. The molecule has 1 amide bonds. The molecule has 0 spiro atoms. The number of amides is 1. The Morgan fingerprint density at radius 1 is 1.36 bits per heavy atom. The number of benzene rings is 1. The van der Waals surface area contributed by atoms with Crippen molar-refractivity contribution in [2.45, 2.75) is 25.3 Å². The molecule has 1 atom stereocenters. The molecule has 3 rings (SSSR count). The van der Waals surface area contributed by atoms with Crippen LogP contribution in [0.3, 0.4) is 0 Å². The van der Waals surface area contributed by atoms with Crippen molar-refractivity contribution in [1.29, 1.82) is 0 Å². The lowest BCUT2D eigenvalue weighted by Crippen LogP contribution is -2.35. The van der Waals surface area contributed by atoms with Gasteiger partial charge in [0.15, 0.2) is 5.82 Å². The van der Waals surface area contributed by atoms with Crippen molar-refractivity contribution in [2.24, 2.45) is 0 Å². The number of nitrogens with zero attached hydrogens (tertiary/aromatic N) is 3. The molecule has 1 aliphatic rings. The predicted octanol–water partition coefficient (Wildman–Crippen LogP) is 1.59. The van der Waals surface area contributed by atoms with Crippen LogP contribution in [0, 0.1) is 0 Å². The lowest BCUT2D eigenvalue weighted by molar-refractivity contribution is -0.123. The molecule has 1 N–H and O–H groups in total. The van der Waals surface area contributed by atoms with E-state index < -0.39 is 0 Å². The molecule has 1 aliphatic heterocycles. The van der Waals surface area contributed by atoms with Gasteiger partial charge in [-0.05, 0) is 12.8 Å². The first-order valence-electron chi connectivity index (χ1n) is 7.56. The molecule has 1 unspecified atom stereocenters. The van der Waals surface area contributed by atoms with Crippen LogP contribution in [0.1, 0.15) is 24.6 Å². The summed E-state index contributed by atoms with van der Waals surface area (Å²) in [6.45, 7) is 1.89. The number of hydrogen-bond acceptors (Lipinski definition) is 4. The number of fused-ring (bicyclic) bond motifs is 1. The van der Waals surface area contributed by atoms with E-state index in [1.165, 1.54) is 0 Å². The summed E-state index contributed by atoms with van der Waals surface area (Å²) < 4.78 is 7.03. The van der Waals surface area contributed by atoms with Crippen LogP contribution in [0.25, 0.3) is 11.4 Å². The summed E-state index contributed by atoms with van der Waals surface area (Å²) in [6.07, 6.45) is 1.76. The van der Waals surface area contributed by atoms with Gasteiger partial charge in [-0.1, -0.05) is 30.3 Å². The Morgan fingerprint density at radius 3 is 2.95 bits per heavy atom. The van der Waals surface area contributed by atoms with Crippen LogP contribution in [0.2, 0.25) is 0 Å². The fourth-order valence-electron chi connectivity index (χ4n) is 2.82. The van der Waals surface area contributed by atoms with E-state index in [0.717, 1.165) is 36.6 Å². The van der Waals surface area contributed by atoms with E-state index >= 15 is 0 Å². The van der Waals surface area contributed by atoms with Crippen molar-refractivity contribution >= 4 is 5.91 Å². The zero-order valence-electron chi connectivity index (χ0n) is 12.7. The van der Waals surface area contributed by atoms with Gasteiger partial charge in [-0.15, -0.1) is 10.2 Å². The van der Waals surface area contributed by atoms with Gasteiger partial charge in [-0.2, -0.15) is 0 Å². The Hall–Kier alpha value is -2.21. The van der Waals surface area contributed by atoms with Gasteiger partial charge in [0.2, 0.25) is 5.91 Å². The summed E-state index contributed by atoms with van der Waals surface area (Å²) in [5.74, 6) is 1.38. The van der Waals surface area contributed by atoms with Crippen LogP contribution < -0.4 is 5.32 Å². The fraction of sp³-hybridized carbons (Fsp3) is 0.438. The summed E-state index contributed by atoms with van der Waals surface area (Å²) in [5.41, 5.74) is 1.03. The number of ether oxygens (including phenoxy) is 1. The summed E-state index contributed by atoms with van der Waals surface area (Å²) in [5, 5.41) is 11.5. The number of carbonyl (C=O) groups excluding carboxylic acids is 1. The first kappa shape index (κ1) is 14.7. The van der Waals surface area contributed by atoms with Crippen LogP contribution in [0.5, 0.6) is 0 Å². The molecule has 0 radical (unpaired) electrons. The smallest absolute Gasteiger partial charge is 0.230 e. The maximum atomic E-state index is 12.3. The molecule has 6 nitrogen and oxygen atoms in total. The van der Waals surface area contributed by atoms with Gasteiger partial charge in [-0.3, -0.25) is 4.79 Å². The molecule has 0 saturated carbocycles. The Morgan fingerprint density at radius 2 is 2.18 bits per heavy atom. The Balaban J connectivity index is 1.83. The van der Waals surface area contributed by atoms with E-state index in [4.69, 9.17) is 4.74 Å². The largest absolute Gasteiger partial charge is 0.383 e. The van der Waals surface area contributed by atoms with Gasteiger partial charge in [0.25, 0.3) is 0 Å². The van der Waals surface area contributed by atoms with Crippen molar-refractivity contribution in [3.05, 3.63) is 36.2 Å². The highest BCUT2D eigenvalue weighted by atomic mass is 16.5. The van der Waals surface area contributed by atoms with Crippen molar-refractivity contribution < 1.29 is 9.53 Å². The van der Waals surface area contributed by atoms with Crippen molar-refractivity contribution in [3.8, 4) is 11.4 Å². The maximum absolute atomic E-state index is 12.3. The number of rotatable bonds is 5. The number of nitrogens with one attached hydrogen (secondary N) is 1. The number of carbonyl (C=O) groups is 1. The first-order valence-corrected chi connectivity index (χ1v) is 7.56. The first-order chi connectivity index (χ1) is 10.8. The molecular formula is C16H20N4O2. The van der Waals surface area contributed by atoms with Gasteiger partial charge in [0.1, 0.15) is 5.82 Å². The third-order valence-corrected chi connectivity index (χ3v) is 3.92. The minimum absolute atomic E-state index is 0.00464.